The Morgan fingerprint density at radius 3 is 2.57 bits per heavy atom. The number of rotatable bonds is 2. The SMILES string of the molecule is CC1(C)[C@H]2C[C@@H](Cc3cccc4ccccc34)[C@@H](O)[C@@H]1C2. The van der Waals surface area contributed by atoms with Crippen LogP contribution in [-0.2, 0) is 6.42 Å². The number of hydrogen-bond acceptors (Lipinski definition) is 1. The van der Waals surface area contributed by atoms with E-state index in [-0.39, 0.29) is 6.10 Å². The second kappa shape index (κ2) is 4.58. The van der Waals surface area contributed by atoms with Crippen LogP contribution in [0.5, 0.6) is 0 Å². The monoisotopic (exact) mass is 280 g/mol. The van der Waals surface area contributed by atoms with Crippen LogP contribution < -0.4 is 0 Å². The van der Waals surface area contributed by atoms with Gasteiger partial charge in [-0.3, -0.25) is 0 Å². The molecule has 0 heterocycles. The van der Waals surface area contributed by atoms with E-state index in [1.807, 2.05) is 0 Å². The zero-order valence-corrected chi connectivity index (χ0v) is 12.9. The first-order chi connectivity index (χ1) is 10.1. The van der Waals surface area contributed by atoms with Crippen LogP contribution in [0.15, 0.2) is 42.5 Å². The van der Waals surface area contributed by atoms with Gasteiger partial charge in [-0.05, 0) is 58.8 Å². The molecule has 110 valence electrons. The molecule has 3 fully saturated rings. The van der Waals surface area contributed by atoms with E-state index in [0.29, 0.717) is 17.3 Å². The number of aliphatic hydroxyl groups is 1. The van der Waals surface area contributed by atoms with E-state index in [2.05, 4.69) is 56.3 Å². The molecule has 0 aromatic heterocycles. The third-order valence-electron chi connectivity index (χ3n) is 6.39. The summed E-state index contributed by atoms with van der Waals surface area (Å²) in [6.07, 6.45) is 3.32. The van der Waals surface area contributed by atoms with Crippen LogP contribution in [0, 0.1) is 23.2 Å². The Labute approximate surface area is 127 Å². The maximum Gasteiger partial charge on any atom is 0.0605 e. The highest BCUT2D eigenvalue weighted by Gasteiger charge is 2.57. The number of aliphatic hydroxyl groups excluding tert-OH is 1. The van der Waals surface area contributed by atoms with Gasteiger partial charge in [-0.25, -0.2) is 0 Å². The molecule has 2 aromatic rings. The Morgan fingerprint density at radius 1 is 1.05 bits per heavy atom. The van der Waals surface area contributed by atoms with E-state index in [1.165, 1.54) is 29.2 Å². The minimum absolute atomic E-state index is 0.121. The molecule has 0 radical (unpaired) electrons. The second-order valence-corrected chi connectivity index (χ2v) is 7.69. The van der Waals surface area contributed by atoms with Gasteiger partial charge in [0.25, 0.3) is 0 Å². The van der Waals surface area contributed by atoms with Crippen molar-refractivity contribution in [1.82, 2.24) is 0 Å². The predicted octanol–water partition coefficient (Wildman–Crippen LogP) is 4.43. The fourth-order valence-electron chi connectivity index (χ4n) is 4.83. The Kier molecular flexibility index (Phi) is 2.91. The average Bonchev–Trinajstić information content (AvgIpc) is 2.49. The van der Waals surface area contributed by atoms with E-state index in [1.54, 1.807) is 0 Å². The van der Waals surface area contributed by atoms with Gasteiger partial charge >= 0.3 is 0 Å². The minimum atomic E-state index is -0.121. The largest absolute Gasteiger partial charge is 0.393 e. The van der Waals surface area contributed by atoms with Gasteiger partial charge in [0, 0.05) is 0 Å². The molecule has 3 aliphatic carbocycles. The molecule has 3 aliphatic rings. The smallest absolute Gasteiger partial charge is 0.0605 e. The van der Waals surface area contributed by atoms with E-state index < -0.39 is 0 Å². The lowest BCUT2D eigenvalue weighted by Crippen LogP contribution is -2.58. The number of benzene rings is 2. The zero-order valence-electron chi connectivity index (χ0n) is 12.9. The highest BCUT2D eigenvalue weighted by molar-refractivity contribution is 5.85. The van der Waals surface area contributed by atoms with E-state index in [4.69, 9.17) is 0 Å². The van der Waals surface area contributed by atoms with Crippen LogP contribution in [0.2, 0.25) is 0 Å². The molecular weight excluding hydrogens is 256 g/mol. The Balaban J connectivity index is 1.62. The molecule has 2 aromatic carbocycles. The summed E-state index contributed by atoms with van der Waals surface area (Å²) in [4.78, 5) is 0. The van der Waals surface area contributed by atoms with Gasteiger partial charge in [-0.1, -0.05) is 56.3 Å². The van der Waals surface area contributed by atoms with Crippen molar-refractivity contribution in [3.63, 3.8) is 0 Å². The summed E-state index contributed by atoms with van der Waals surface area (Å²) in [5.74, 6) is 1.76. The summed E-state index contributed by atoms with van der Waals surface area (Å²) in [6, 6.07) is 15.2. The van der Waals surface area contributed by atoms with Gasteiger partial charge in [0.2, 0.25) is 0 Å². The Morgan fingerprint density at radius 2 is 1.81 bits per heavy atom. The van der Waals surface area contributed by atoms with Crippen LogP contribution in [0.25, 0.3) is 10.8 Å². The molecule has 0 aliphatic heterocycles. The molecular formula is C20H24O. The number of hydrogen-bond donors (Lipinski definition) is 1. The van der Waals surface area contributed by atoms with E-state index in [0.717, 1.165) is 12.3 Å². The lowest BCUT2D eigenvalue weighted by molar-refractivity contribution is -0.169. The summed E-state index contributed by atoms with van der Waals surface area (Å²) >= 11 is 0. The van der Waals surface area contributed by atoms with Crippen molar-refractivity contribution in [2.45, 2.75) is 39.2 Å². The molecule has 4 atom stereocenters. The molecule has 1 nitrogen and oxygen atoms in total. The summed E-state index contributed by atoms with van der Waals surface area (Å²) in [5, 5.41) is 13.4. The first-order valence-electron chi connectivity index (χ1n) is 8.22. The maximum absolute atomic E-state index is 10.7. The van der Waals surface area contributed by atoms with Crippen molar-refractivity contribution in [3.8, 4) is 0 Å². The highest BCUT2D eigenvalue weighted by atomic mass is 16.3. The van der Waals surface area contributed by atoms with Crippen LogP contribution in [0.4, 0.5) is 0 Å². The van der Waals surface area contributed by atoms with Crippen molar-refractivity contribution >= 4 is 10.8 Å². The fourth-order valence-corrected chi connectivity index (χ4v) is 4.83. The topological polar surface area (TPSA) is 20.2 Å². The predicted molar refractivity (Wildman–Crippen MR) is 87.1 cm³/mol. The quantitative estimate of drug-likeness (QED) is 0.863. The fraction of sp³-hybridized carbons (Fsp3) is 0.500. The Hall–Kier alpha value is -1.34. The van der Waals surface area contributed by atoms with Crippen molar-refractivity contribution in [2.24, 2.45) is 23.2 Å². The lowest BCUT2D eigenvalue weighted by Gasteiger charge is -2.61. The van der Waals surface area contributed by atoms with Crippen molar-refractivity contribution in [2.75, 3.05) is 0 Å². The molecule has 0 amide bonds. The van der Waals surface area contributed by atoms with Crippen molar-refractivity contribution in [3.05, 3.63) is 48.0 Å². The average molecular weight is 280 g/mol. The van der Waals surface area contributed by atoms with Gasteiger partial charge in [0.15, 0.2) is 0 Å². The maximum atomic E-state index is 10.7. The second-order valence-electron chi connectivity index (χ2n) is 7.69. The lowest BCUT2D eigenvalue weighted by atomic mass is 9.45. The van der Waals surface area contributed by atoms with E-state index >= 15 is 0 Å². The standard InChI is InChI=1S/C20H24O/c1-20(2)16-11-15(19(21)18(20)12-16)10-14-8-5-7-13-6-3-4-9-17(13)14/h3-9,15-16,18-19,21H,10-12H2,1-2H3/t15-,16+,18+,19-/m1/s1. The summed E-state index contributed by atoms with van der Waals surface area (Å²) in [7, 11) is 0. The minimum Gasteiger partial charge on any atom is -0.393 e. The molecule has 2 bridgehead atoms. The molecule has 3 saturated carbocycles. The molecule has 1 N–H and O–H groups in total. The summed E-state index contributed by atoms with van der Waals surface area (Å²) in [6.45, 7) is 4.67. The molecule has 0 unspecified atom stereocenters. The van der Waals surface area contributed by atoms with Gasteiger partial charge < -0.3 is 5.11 Å². The molecule has 0 spiro atoms. The van der Waals surface area contributed by atoms with Gasteiger partial charge in [0.1, 0.15) is 0 Å². The first-order valence-corrected chi connectivity index (χ1v) is 8.22. The van der Waals surface area contributed by atoms with Gasteiger partial charge in [-0.2, -0.15) is 0 Å². The summed E-state index contributed by atoms with van der Waals surface area (Å²) in [5.41, 5.74) is 1.76. The zero-order chi connectivity index (χ0) is 14.6. The number of fused-ring (bicyclic) bond motifs is 3. The van der Waals surface area contributed by atoms with Crippen LogP contribution in [-0.4, -0.2) is 11.2 Å². The van der Waals surface area contributed by atoms with Gasteiger partial charge in [0.05, 0.1) is 6.10 Å². The van der Waals surface area contributed by atoms with E-state index in [9.17, 15) is 5.11 Å². The molecule has 5 rings (SSSR count). The molecule has 0 saturated heterocycles. The normalized spacial score (nSPS) is 33.7. The van der Waals surface area contributed by atoms with Crippen LogP contribution in [0.3, 0.4) is 0 Å². The third kappa shape index (κ3) is 1.94. The third-order valence-corrected chi connectivity index (χ3v) is 6.39. The van der Waals surface area contributed by atoms with Gasteiger partial charge in [-0.15, -0.1) is 0 Å². The van der Waals surface area contributed by atoms with Crippen LogP contribution in [0.1, 0.15) is 32.3 Å². The van der Waals surface area contributed by atoms with Crippen molar-refractivity contribution in [1.29, 1.82) is 0 Å². The molecule has 21 heavy (non-hydrogen) atoms. The first kappa shape index (κ1) is 13.3. The molecule has 1 heteroatoms. The Bertz CT molecular complexity index is 667. The van der Waals surface area contributed by atoms with Crippen LogP contribution >= 0.6 is 0 Å². The highest BCUT2D eigenvalue weighted by Crippen LogP contribution is 2.61. The summed E-state index contributed by atoms with van der Waals surface area (Å²) < 4.78 is 0. The van der Waals surface area contributed by atoms with Crippen molar-refractivity contribution < 1.29 is 5.11 Å².